The molecule has 0 radical (unpaired) electrons. The predicted molar refractivity (Wildman–Crippen MR) is 102 cm³/mol. The van der Waals surface area contributed by atoms with Crippen LogP contribution in [0.25, 0.3) is 0 Å². The molecule has 0 bridgehead atoms. The SMILES string of the molecule is COc1cc(C(=O)Nc2ccc3c(c2)CCC(=O)N3C)c([N+](=O)[O-])cc1OC. The summed E-state index contributed by atoms with van der Waals surface area (Å²) in [5, 5.41) is 14.1. The predicted octanol–water partition coefficient (Wildman–Crippen LogP) is 2.77. The van der Waals surface area contributed by atoms with E-state index in [0.29, 0.717) is 18.5 Å². The molecule has 1 heterocycles. The van der Waals surface area contributed by atoms with E-state index >= 15 is 0 Å². The minimum Gasteiger partial charge on any atom is -0.493 e. The molecule has 0 aliphatic carbocycles. The lowest BCUT2D eigenvalue weighted by molar-refractivity contribution is -0.385. The molecule has 0 fully saturated rings. The molecule has 0 unspecified atom stereocenters. The van der Waals surface area contributed by atoms with Crippen molar-refractivity contribution in [1.29, 1.82) is 0 Å². The van der Waals surface area contributed by atoms with Gasteiger partial charge in [-0.25, -0.2) is 0 Å². The maximum atomic E-state index is 12.7. The summed E-state index contributed by atoms with van der Waals surface area (Å²) in [6.07, 6.45) is 0.959. The molecule has 0 aromatic heterocycles. The first kappa shape index (κ1) is 19.2. The van der Waals surface area contributed by atoms with Crippen LogP contribution < -0.4 is 19.7 Å². The van der Waals surface area contributed by atoms with Gasteiger partial charge in [-0.05, 0) is 30.2 Å². The van der Waals surface area contributed by atoms with Crippen molar-refractivity contribution >= 4 is 28.9 Å². The Kier molecular flexibility index (Phi) is 5.16. The summed E-state index contributed by atoms with van der Waals surface area (Å²) < 4.78 is 10.2. The number of amides is 2. The number of nitrogens with zero attached hydrogens (tertiary/aromatic N) is 2. The molecule has 3 rings (SSSR count). The van der Waals surface area contributed by atoms with Crippen LogP contribution in [0, 0.1) is 10.1 Å². The molecular weight excluding hydrogens is 366 g/mol. The van der Waals surface area contributed by atoms with E-state index in [4.69, 9.17) is 9.47 Å². The van der Waals surface area contributed by atoms with Crippen LogP contribution in [-0.2, 0) is 11.2 Å². The van der Waals surface area contributed by atoms with Crippen molar-refractivity contribution in [3.8, 4) is 11.5 Å². The number of carbonyl (C=O) groups is 2. The van der Waals surface area contributed by atoms with E-state index in [1.54, 1.807) is 30.1 Å². The van der Waals surface area contributed by atoms with E-state index in [9.17, 15) is 19.7 Å². The molecule has 1 aliphatic rings. The third-order valence-corrected chi connectivity index (χ3v) is 4.62. The van der Waals surface area contributed by atoms with Gasteiger partial charge in [0.05, 0.1) is 25.2 Å². The van der Waals surface area contributed by atoms with Crippen LogP contribution in [0.2, 0.25) is 0 Å². The number of anilines is 2. The van der Waals surface area contributed by atoms with E-state index in [2.05, 4.69) is 5.32 Å². The maximum absolute atomic E-state index is 12.7. The molecule has 0 saturated carbocycles. The first-order valence-corrected chi connectivity index (χ1v) is 8.47. The van der Waals surface area contributed by atoms with Crippen LogP contribution in [0.5, 0.6) is 11.5 Å². The van der Waals surface area contributed by atoms with E-state index in [1.807, 2.05) is 0 Å². The topological polar surface area (TPSA) is 111 Å². The monoisotopic (exact) mass is 385 g/mol. The Bertz CT molecular complexity index is 972. The van der Waals surface area contributed by atoms with Crippen molar-refractivity contribution in [2.24, 2.45) is 0 Å². The van der Waals surface area contributed by atoms with E-state index in [1.165, 1.54) is 20.3 Å². The zero-order valence-electron chi connectivity index (χ0n) is 15.6. The molecule has 0 atom stereocenters. The standard InChI is InChI=1S/C19H19N3O6/c1-21-14-6-5-12(8-11(14)4-7-18(21)23)20-19(24)13-9-16(27-2)17(28-3)10-15(13)22(25)26/h5-6,8-10H,4,7H2,1-3H3,(H,20,24). The third kappa shape index (κ3) is 3.46. The second-order valence-corrected chi connectivity index (χ2v) is 6.23. The molecule has 1 aliphatic heterocycles. The van der Waals surface area contributed by atoms with Gasteiger partial charge in [-0.15, -0.1) is 0 Å². The second-order valence-electron chi connectivity index (χ2n) is 6.23. The van der Waals surface area contributed by atoms with Crippen molar-refractivity contribution in [2.45, 2.75) is 12.8 Å². The first-order chi connectivity index (χ1) is 13.3. The number of ether oxygens (including phenoxy) is 2. The lowest BCUT2D eigenvalue weighted by Crippen LogP contribution is -2.31. The number of nitro groups is 1. The summed E-state index contributed by atoms with van der Waals surface area (Å²) >= 11 is 0. The van der Waals surface area contributed by atoms with Gasteiger partial charge < -0.3 is 19.7 Å². The number of benzene rings is 2. The number of fused-ring (bicyclic) bond motifs is 1. The Morgan fingerprint density at radius 3 is 2.46 bits per heavy atom. The summed E-state index contributed by atoms with van der Waals surface area (Å²) in [6, 6.07) is 7.59. The summed E-state index contributed by atoms with van der Waals surface area (Å²) in [5.41, 5.74) is 1.65. The molecule has 28 heavy (non-hydrogen) atoms. The van der Waals surface area contributed by atoms with E-state index in [-0.39, 0.29) is 23.0 Å². The van der Waals surface area contributed by atoms with Crippen molar-refractivity contribution in [2.75, 3.05) is 31.5 Å². The molecule has 9 nitrogen and oxygen atoms in total. The van der Waals surface area contributed by atoms with Gasteiger partial charge in [-0.1, -0.05) is 0 Å². The molecule has 146 valence electrons. The van der Waals surface area contributed by atoms with Crippen molar-refractivity contribution in [1.82, 2.24) is 0 Å². The highest BCUT2D eigenvalue weighted by atomic mass is 16.6. The van der Waals surface area contributed by atoms with Crippen molar-refractivity contribution in [3.05, 3.63) is 51.6 Å². The minimum atomic E-state index is -0.649. The first-order valence-electron chi connectivity index (χ1n) is 8.47. The molecule has 2 amide bonds. The quantitative estimate of drug-likeness (QED) is 0.626. The highest BCUT2D eigenvalue weighted by Crippen LogP contribution is 2.35. The van der Waals surface area contributed by atoms with Crippen LogP contribution in [-0.4, -0.2) is 38.0 Å². The van der Waals surface area contributed by atoms with Crippen LogP contribution in [0.4, 0.5) is 17.1 Å². The van der Waals surface area contributed by atoms with Crippen molar-refractivity contribution < 1.29 is 24.0 Å². The highest BCUT2D eigenvalue weighted by molar-refractivity contribution is 6.08. The zero-order valence-corrected chi connectivity index (χ0v) is 15.6. The number of carbonyl (C=O) groups excluding carboxylic acids is 2. The maximum Gasteiger partial charge on any atom is 0.286 e. The molecular formula is C19H19N3O6. The van der Waals surface area contributed by atoms with Gasteiger partial charge in [0, 0.05) is 30.9 Å². The molecule has 9 heteroatoms. The van der Waals surface area contributed by atoms with Crippen LogP contribution in [0.15, 0.2) is 30.3 Å². The lowest BCUT2D eigenvalue weighted by Gasteiger charge is -2.26. The average molecular weight is 385 g/mol. The highest BCUT2D eigenvalue weighted by Gasteiger charge is 2.25. The Labute approximate surface area is 161 Å². The second kappa shape index (κ2) is 7.55. The Morgan fingerprint density at radius 1 is 1.14 bits per heavy atom. The number of hydrogen-bond donors (Lipinski definition) is 1. The minimum absolute atomic E-state index is 0.0326. The lowest BCUT2D eigenvalue weighted by atomic mass is 10.0. The summed E-state index contributed by atoms with van der Waals surface area (Å²) in [5.74, 6) is -0.242. The van der Waals surface area contributed by atoms with Gasteiger partial charge in [0.25, 0.3) is 11.6 Å². The summed E-state index contributed by atoms with van der Waals surface area (Å²) in [7, 11) is 4.44. The Balaban J connectivity index is 1.93. The van der Waals surface area contributed by atoms with Gasteiger partial charge >= 0.3 is 0 Å². The molecule has 0 saturated heterocycles. The smallest absolute Gasteiger partial charge is 0.286 e. The van der Waals surface area contributed by atoms with Gasteiger partial charge in [0.1, 0.15) is 5.56 Å². The van der Waals surface area contributed by atoms with Crippen LogP contribution in [0.1, 0.15) is 22.3 Å². The Morgan fingerprint density at radius 2 is 1.82 bits per heavy atom. The van der Waals surface area contributed by atoms with Crippen LogP contribution in [0.3, 0.4) is 0 Å². The van der Waals surface area contributed by atoms with Gasteiger partial charge in [0.2, 0.25) is 5.91 Å². The molecule has 2 aromatic rings. The number of aryl methyl sites for hydroxylation is 1. The number of nitrogens with one attached hydrogen (secondary N) is 1. The number of nitro benzene ring substituents is 1. The van der Waals surface area contributed by atoms with E-state index < -0.39 is 16.5 Å². The van der Waals surface area contributed by atoms with Gasteiger partial charge in [-0.3, -0.25) is 19.7 Å². The fourth-order valence-corrected chi connectivity index (χ4v) is 3.13. The fourth-order valence-electron chi connectivity index (χ4n) is 3.13. The zero-order chi connectivity index (χ0) is 20.4. The fraction of sp³-hybridized carbons (Fsp3) is 0.263. The Hall–Kier alpha value is -3.62. The molecule has 1 N–H and O–H groups in total. The van der Waals surface area contributed by atoms with Crippen molar-refractivity contribution in [3.63, 3.8) is 0 Å². The average Bonchev–Trinajstić information content (AvgIpc) is 2.69. The summed E-state index contributed by atoms with van der Waals surface area (Å²) in [4.78, 5) is 36.8. The molecule has 2 aromatic carbocycles. The summed E-state index contributed by atoms with van der Waals surface area (Å²) in [6.45, 7) is 0. The molecule has 0 spiro atoms. The van der Waals surface area contributed by atoms with Gasteiger partial charge in [0.15, 0.2) is 11.5 Å². The van der Waals surface area contributed by atoms with E-state index in [0.717, 1.165) is 17.3 Å². The number of rotatable bonds is 5. The number of hydrogen-bond acceptors (Lipinski definition) is 6. The van der Waals surface area contributed by atoms with Crippen LogP contribution >= 0.6 is 0 Å². The number of methoxy groups -OCH3 is 2. The normalized spacial score (nSPS) is 13.0. The van der Waals surface area contributed by atoms with Gasteiger partial charge in [-0.2, -0.15) is 0 Å². The third-order valence-electron chi connectivity index (χ3n) is 4.62. The largest absolute Gasteiger partial charge is 0.493 e.